The predicted molar refractivity (Wildman–Crippen MR) is 65.5 cm³/mol. The third-order valence-corrected chi connectivity index (χ3v) is 5.04. The van der Waals surface area contributed by atoms with Crippen LogP contribution in [0.1, 0.15) is 13.8 Å². The van der Waals surface area contributed by atoms with Crippen LogP contribution in [0.2, 0.25) is 0 Å². The lowest BCUT2D eigenvalue weighted by Gasteiger charge is -2.47. The molecule has 2 aliphatic rings. The highest BCUT2D eigenvalue weighted by atomic mass is 32.2. The van der Waals surface area contributed by atoms with E-state index in [0.29, 0.717) is 11.8 Å². The highest BCUT2D eigenvalue weighted by Gasteiger charge is 2.58. The molecule has 1 amide bonds. The summed E-state index contributed by atoms with van der Waals surface area (Å²) in [6.45, 7) is 2.94. The van der Waals surface area contributed by atoms with Crippen LogP contribution in [0.5, 0.6) is 0 Å². The third-order valence-electron chi connectivity index (χ3n) is 3.69. The number of thioether (sulfide) groups is 1. The van der Waals surface area contributed by atoms with Gasteiger partial charge in [0.25, 0.3) is 0 Å². The average molecular weight is 324 g/mol. The molecular formula is C12H13F3NO4S-. The molecule has 1 N–H and O–H groups in total. The summed E-state index contributed by atoms with van der Waals surface area (Å²) in [6, 6.07) is -0.624. The summed E-state index contributed by atoms with van der Waals surface area (Å²) in [5.41, 5.74) is -0.497. The lowest BCUT2D eigenvalue weighted by molar-refractivity contribution is -0.301. The molecule has 0 aliphatic carbocycles. The number of alkyl halides is 3. The maximum Gasteiger partial charge on any atom is 0.398 e. The average Bonchev–Trinajstić information content (AvgIpc) is 2.55. The first-order chi connectivity index (χ1) is 9.56. The normalized spacial score (nSPS) is 30.3. The van der Waals surface area contributed by atoms with Crippen molar-refractivity contribution in [2.75, 3.05) is 5.75 Å². The Labute approximate surface area is 122 Å². The number of β-lactam (4-membered cyclic amide) rings is 1. The summed E-state index contributed by atoms with van der Waals surface area (Å²) in [5.74, 6) is -4.88. The number of nitrogens with zero attached hydrogens (tertiary/aromatic N) is 1. The zero-order chi connectivity index (χ0) is 16.1. The quantitative estimate of drug-likeness (QED) is 0.742. The minimum atomic E-state index is -4.45. The SMILES string of the molecule is C[C@@H](O)[C@H]1C(=O)N2C(C(=O)[O-])=C(SCC(F)(F)F)[C@H](C)[C@H]12. The molecule has 2 rings (SSSR count). The van der Waals surface area contributed by atoms with Gasteiger partial charge in [0.1, 0.15) is 0 Å². The van der Waals surface area contributed by atoms with E-state index in [2.05, 4.69) is 0 Å². The van der Waals surface area contributed by atoms with Crippen LogP contribution >= 0.6 is 11.8 Å². The molecule has 0 aromatic heterocycles. The third kappa shape index (κ3) is 2.64. The van der Waals surface area contributed by atoms with E-state index in [1.54, 1.807) is 6.92 Å². The van der Waals surface area contributed by atoms with Crippen molar-refractivity contribution in [3.8, 4) is 0 Å². The number of carboxylic acids is 1. The van der Waals surface area contributed by atoms with E-state index in [0.717, 1.165) is 4.90 Å². The molecule has 2 aliphatic heterocycles. The van der Waals surface area contributed by atoms with Gasteiger partial charge >= 0.3 is 6.18 Å². The molecule has 9 heteroatoms. The monoisotopic (exact) mass is 324 g/mol. The number of hydrogen-bond donors (Lipinski definition) is 1. The van der Waals surface area contributed by atoms with Gasteiger partial charge in [0.2, 0.25) is 5.91 Å². The first kappa shape index (κ1) is 16.2. The van der Waals surface area contributed by atoms with Crippen LogP contribution in [0.3, 0.4) is 0 Å². The molecule has 0 saturated carbocycles. The second kappa shape index (κ2) is 5.20. The van der Waals surface area contributed by atoms with Crippen molar-refractivity contribution < 1.29 is 33.0 Å². The number of carbonyl (C=O) groups is 2. The molecule has 2 heterocycles. The van der Waals surface area contributed by atoms with Gasteiger partial charge in [-0.2, -0.15) is 13.2 Å². The number of fused-ring (bicyclic) bond motifs is 1. The van der Waals surface area contributed by atoms with E-state index < -0.39 is 53.5 Å². The van der Waals surface area contributed by atoms with E-state index in [1.165, 1.54) is 6.92 Å². The van der Waals surface area contributed by atoms with Gasteiger partial charge in [-0.1, -0.05) is 6.92 Å². The van der Waals surface area contributed by atoms with Crippen molar-refractivity contribution in [1.82, 2.24) is 4.90 Å². The maximum atomic E-state index is 12.3. The van der Waals surface area contributed by atoms with Gasteiger partial charge < -0.3 is 19.9 Å². The van der Waals surface area contributed by atoms with Crippen molar-refractivity contribution in [2.24, 2.45) is 11.8 Å². The topological polar surface area (TPSA) is 80.7 Å². The first-order valence-electron chi connectivity index (χ1n) is 6.22. The van der Waals surface area contributed by atoms with Gasteiger partial charge in [-0.15, -0.1) is 11.8 Å². The molecule has 0 radical (unpaired) electrons. The number of carboxylic acid groups (broad SMARTS) is 1. The van der Waals surface area contributed by atoms with Crippen LogP contribution in [0.25, 0.3) is 0 Å². The smallest absolute Gasteiger partial charge is 0.398 e. The van der Waals surface area contributed by atoms with Crippen molar-refractivity contribution in [3.05, 3.63) is 10.6 Å². The minimum absolute atomic E-state index is 0.0196. The number of rotatable bonds is 4. The first-order valence-corrected chi connectivity index (χ1v) is 7.21. The van der Waals surface area contributed by atoms with Crippen molar-refractivity contribution in [3.63, 3.8) is 0 Å². The Morgan fingerprint density at radius 3 is 2.52 bits per heavy atom. The Balaban J connectivity index is 2.30. The molecule has 5 nitrogen and oxygen atoms in total. The minimum Gasteiger partial charge on any atom is -0.543 e. The van der Waals surface area contributed by atoms with Gasteiger partial charge in [0.05, 0.1) is 35.5 Å². The zero-order valence-corrected chi connectivity index (χ0v) is 12.0. The zero-order valence-electron chi connectivity index (χ0n) is 11.2. The molecule has 4 atom stereocenters. The number of aliphatic hydroxyl groups is 1. The molecule has 1 saturated heterocycles. The van der Waals surface area contributed by atoms with Gasteiger partial charge in [-0.05, 0) is 6.92 Å². The van der Waals surface area contributed by atoms with E-state index in [4.69, 9.17) is 0 Å². The summed E-state index contributed by atoms with van der Waals surface area (Å²) >= 11 is 0.357. The molecule has 0 aromatic rings. The standard InChI is InChI=1S/C12H14F3NO4S/c1-4-7-6(5(2)17)10(18)16(7)8(11(19)20)9(4)21-3-12(13,14)15/h4-7,17H,3H2,1-2H3,(H,19,20)/p-1/t4-,5-,6-,7-/m1/s1. The predicted octanol–water partition coefficient (Wildman–Crippen LogP) is 0.101. The van der Waals surface area contributed by atoms with E-state index in [9.17, 15) is 33.0 Å². The fourth-order valence-corrected chi connectivity index (χ4v) is 3.91. The largest absolute Gasteiger partial charge is 0.543 e. The number of amides is 1. The number of halogens is 3. The molecule has 0 unspecified atom stereocenters. The highest BCUT2D eigenvalue weighted by molar-refractivity contribution is 8.03. The Kier molecular flexibility index (Phi) is 4.00. The van der Waals surface area contributed by atoms with Crippen LogP contribution in [-0.4, -0.2) is 46.0 Å². The van der Waals surface area contributed by atoms with Crippen molar-refractivity contribution in [1.29, 1.82) is 0 Å². The van der Waals surface area contributed by atoms with Crippen LogP contribution < -0.4 is 5.11 Å². The number of carbonyl (C=O) groups excluding carboxylic acids is 2. The molecule has 1 fully saturated rings. The van der Waals surface area contributed by atoms with Crippen LogP contribution in [0, 0.1) is 11.8 Å². The highest BCUT2D eigenvalue weighted by Crippen LogP contribution is 2.50. The van der Waals surface area contributed by atoms with Gasteiger partial charge in [-0.3, -0.25) is 4.79 Å². The molecule has 0 bridgehead atoms. The Morgan fingerprint density at radius 2 is 2.10 bits per heavy atom. The van der Waals surface area contributed by atoms with Gasteiger partial charge in [-0.25, -0.2) is 0 Å². The van der Waals surface area contributed by atoms with Crippen molar-refractivity contribution >= 4 is 23.6 Å². The van der Waals surface area contributed by atoms with E-state index >= 15 is 0 Å². The van der Waals surface area contributed by atoms with Crippen molar-refractivity contribution in [2.45, 2.75) is 32.2 Å². The summed E-state index contributed by atoms with van der Waals surface area (Å²) in [5, 5.41) is 20.7. The van der Waals surface area contributed by atoms with Gasteiger partial charge in [0.15, 0.2) is 0 Å². The number of aliphatic hydroxyl groups excluding tert-OH is 1. The lowest BCUT2D eigenvalue weighted by Crippen LogP contribution is -2.64. The summed E-state index contributed by atoms with van der Waals surface area (Å²) in [7, 11) is 0. The second-order valence-electron chi connectivity index (χ2n) is 5.16. The van der Waals surface area contributed by atoms with E-state index in [1.807, 2.05) is 0 Å². The fraction of sp³-hybridized carbons (Fsp3) is 0.667. The summed E-state index contributed by atoms with van der Waals surface area (Å²) < 4.78 is 37.0. The number of aliphatic carboxylic acids is 1. The molecule has 21 heavy (non-hydrogen) atoms. The molecule has 118 valence electrons. The van der Waals surface area contributed by atoms with E-state index in [-0.39, 0.29) is 4.91 Å². The molecule has 0 aromatic carbocycles. The van der Waals surface area contributed by atoms with Crippen LogP contribution in [-0.2, 0) is 9.59 Å². The molecular weight excluding hydrogens is 311 g/mol. The molecule has 0 spiro atoms. The van der Waals surface area contributed by atoms with Crippen LogP contribution in [0.15, 0.2) is 10.6 Å². The fourth-order valence-electron chi connectivity index (χ4n) is 2.87. The lowest BCUT2D eigenvalue weighted by atomic mass is 9.79. The van der Waals surface area contributed by atoms with Gasteiger partial charge in [0, 0.05) is 10.8 Å². The summed E-state index contributed by atoms with van der Waals surface area (Å²) in [4.78, 5) is 24.0. The van der Waals surface area contributed by atoms with Crippen LogP contribution in [0.4, 0.5) is 13.2 Å². The number of hydrogen-bond acceptors (Lipinski definition) is 5. The Bertz CT molecular complexity index is 517. The maximum absolute atomic E-state index is 12.3. The Hall–Kier alpha value is -1.22. The second-order valence-corrected chi connectivity index (χ2v) is 6.18. The Morgan fingerprint density at radius 1 is 1.52 bits per heavy atom. The summed E-state index contributed by atoms with van der Waals surface area (Å²) in [6.07, 6.45) is -5.44.